The molecule has 1 aliphatic rings. The smallest absolute Gasteiger partial charge is 0.115 e. The highest BCUT2D eigenvalue weighted by Gasteiger charge is 2.17. The van der Waals surface area contributed by atoms with Crippen molar-refractivity contribution in [1.29, 1.82) is 0 Å². The van der Waals surface area contributed by atoms with Gasteiger partial charge in [0.05, 0.1) is 5.71 Å². The Kier molecular flexibility index (Phi) is 5.58. The fourth-order valence-electron chi connectivity index (χ4n) is 3.82. The minimum Gasteiger partial charge on any atom is -0.508 e. The van der Waals surface area contributed by atoms with Crippen LogP contribution in [-0.2, 0) is 6.54 Å². The van der Waals surface area contributed by atoms with Crippen LogP contribution in [0.25, 0.3) is 10.8 Å². The predicted molar refractivity (Wildman–Crippen MR) is 116 cm³/mol. The number of rotatable bonds is 5. The van der Waals surface area contributed by atoms with Crippen molar-refractivity contribution in [3.8, 4) is 5.75 Å². The molecule has 0 aromatic heterocycles. The number of phenols is 1. The lowest BCUT2D eigenvalue weighted by atomic mass is 10.0. The van der Waals surface area contributed by atoms with Gasteiger partial charge in [0.2, 0.25) is 0 Å². The molecule has 1 N–H and O–H groups in total. The zero-order valence-electron chi connectivity index (χ0n) is 16.4. The highest BCUT2D eigenvalue weighted by Crippen LogP contribution is 2.21. The number of hydrogen-bond acceptors (Lipinski definition) is 4. The first-order chi connectivity index (χ1) is 13.7. The summed E-state index contributed by atoms with van der Waals surface area (Å²) in [5.41, 5.74) is 3.55. The molecule has 1 saturated heterocycles. The van der Waals surface area contributed by atoms with Gasteiger partial charge in [0.1, 0.15) is 5.75 Å². The summed E-state index contributed by atoms with van der Waals surface area (Å²) in [5, 5.41) is 19.2. The number of nitrogens with zero attached hydrogens (tertiary/aromatic N) is 3. The summed E-state index contributed by atoms with van der Waals surface area (Å²) < 4.78 is 0. The van der Waals surface area contributed by atoms with Crippen molar-refractivity contribution in [1.82, 2.24) is 9.91 Å². The minimum absolute atomic E-state index is 0.293. The summed E-state index contributed by atoms with van der Waals surface area (Å²) >= 11 is 0. The molecule has 1 fully saturated rings. The van der Waals surface area contributed by atoms with Crippen LogP contribution in [0.4, 0.5) is 0 Å². The molecule has 3 aromatic carbocycles. The molecule has 0 spiro atoms. The normalized spacial score (nSPS) is 15.9. The summed E-state index contributed by atoms with van der Waals surface area (Å²) in [5.74, 6) is 0.293. The van der Waals surface area contributed by atoms with E-state index < -0.39 is 0 Å². The third kappa shape index (κ3) is 4.18. The van der Waals surface area contributed by atoms with Crippen LogP contribution in [0, 0.1) is 0 Å². The fraction of sp³-hybridized carbons (Fsp3) is 0.292. The Labute approximate surface area is 166 Å². The molecule has 144 valence electrons. The highest BCUT2D eigenvalue weighted by atomic mass is 16.3. The minimum atomic E-state index is 0.293. The molecule has 4 nitrogen and oxygen atoms in total. The monoisotopic (exact) mass is 373 g/mol. The summed E-state index contributed by atoms with van der Waals surface area (Å²) in [6.07, 6.45) is 0.876. The molecule has 4 heteroatoms. The molecule has 3 aromatic rings. The van der Waals surface area contributed by atoms with Crippen molar-refractivity contribution in [2.75, 3.05) is 26.2 Å². The molecule has 0 radical (unpaired) electrons. The van der Waals surface area contributed by atoms with Crippen LogP contribution in [0.3, 0.4) is 0 Å². The summed E-state index contributed by atoms with van der Waals surface area (Å²) in [7, 11) is 0. The van der Waals surface area contributed by atoms with Gasteiger partial charge in [-0.25, -0.2) is 0 Å². The number of phenolic OH excluding ortho intramolecular Hbond substituents is 1. The second kappa shape index (κ2) is 8.44. The molecule has 0 aliphatic carbocycles. The second-order valence-electron chi connectivity index (χ2n) is 7.32. The first-order valence-corrected chi connectivity index (χ1v) is 10.0. The van der Waals surface area contributed by atoms with Crippen LogP contribution in [0.15, 0.2) is 71.8 Å². The summed E-state index contributed by atoms with van der Waals surface area (Å²) in [6, 6.07) is 22.5. The lowest BCUT2D eigenvalue weighted by Gasteiger charge is -2.33. The van der Waals surface area contributed by atoms with Crippen LogP contribution >= 0.6 is 0 Å². The standard InChI is InChI=1S/C24H27N3O/c1-2-24(20-10-12-22(28)13-11-20)25-27-16-14-26(15-17-27)18-21-8-5-7-19-6-3-4-9-23(19)21/h3-13,28H,2,14-18H2,1H3. The van der Waals surface area contributed by atoms with E-state index in [0.29, 0.717) is 5.75 Å². The Morgan fingerprint density at radius 2 is 1.61 bits per heavy atom. The molecule has 1 heterocycles. The van der Waals surface area contributed by atoms with Gasteiger partial charge in [-0.05, 0) is 52.6 Å². The maximum absolute atomic E-state index is 9.49. The molecule has 0 bridgehead atoms. The first-order valence-electron chi connectivity index (χ1n) is 10.0. The quantitative estimate of drug-likeness (QED) is 0.671. The summed E-state index contributed by atoms with van der Waals surface area (Å²) in [4.78, 5) is 2.51. The van der Waals surface area contributed by atoms with Gasteiger partial charge < -0.3 is 5.11 Å². The van der Waals surface area contributed by atoms with E-state index >= 15 is 0 Å². The Bertz CT molecular complexity index is 952. The Morgan fingerprint density at radius 3 is 2.36 bits per heavy atom. The van der Waals surface area contributed by atoms with Gasteiger partial charge in [0.15, 0.2) is 0 Å². The van der Waals surface area contributed by atoms with Gasteiger partial charge in [0.25, 0.3) is 0 Å². The largest absolute Gasteiger partial charge is 0.508 e. The second-order valence-corrected chi connectivity index (χ2v) is 7.32. The van der Waals surface area contributed by atoms with Crippen LogP contribution in [0.5, 0.6) is 5.75 Å². The zero-order valence-corrected chi connectivity index (χ0v) is 16.4. The lowest BCUT2D eigenvalue weighted by Crippen LogP contribution is -2.44. The van der Waals surface area contributed by atoms with Crippen LogP contribution in [-0.4, -0.2) is 46.9 Å². The highest BCUT2D eigenvalue weighted by molar-refractivity contribution is 6.00. The van der Waals surface area contributed by atoms with E-state index in [9.17, 15) is 5.11 Å². The summed E-state index contributed by atoms with van der Waals surface area (Å²) in [6.45, 7) is 7.01. The SMILES string of the molecule is CCC(=NN1CCN(Cc2cccc3ccccc23)CC1)c1ccc(O)cc1. The van der Waals surface area contributed by atoms with Gasteiger partial charge in [0, 0.05) is 32.7 Å². The van der Waals surface area contributed by atoms with E-state index in [1.54, 1.807) is 12.1 Å². The van der Waals surface area contributed by atoms with Gasteiger partial charge in [-0.15, -0.1) is 0 Å². The van der Waals surface area contributed by atoms with E-state index in [-0.39, 0.29) is 0 Å². The van der Waals surface area contributed by atoms with E-state index in [1.807, 2.05) is 12.1 Å². The number of hydrazone groups is 1. The van der Waals surface area contributed by atoms with E-state index in [0.717, 1.165) is 50.4 Å². The van der Waals surface area contributed by atoms with Crippen LogP contribution in [0.1, 0.15) is 24.5 Å². The Morgan fingerprint density at radius 1 is 0.893 bits per heavy atom. The molecule has 1 aliphatic heterocycles. The number of hydrogen-bond donors (Lipinski definition) is 1. The Balaban J connectivity index is 1.40. The average Bonchev–Trinajstić information content (AvgIpc) is 2.74. The van der Waals surface area contributed by atoms with Gasteiger partial charge >= 0.3 is 0 Å². The molecule has 0 amide bonds. The van der Waals surface area contributed by atoms with E-state index in [2.05, 4.69) is 59.3 Å². The van der Waals surface area contributed by atoms with Crippen molar-refractivity contribution in [3.05, 3.63) is 77.9 Å². The number of benzene rings is 3. The van der Waals surface area contributed by atoms with Crippen LogP contribution in [0.2, 0.25) is 0 Å². The van der Waals surface area contributed by atoms with Gasteiger partial charge in [-0.3, -0.25) is 9.91 Å². The van der Waals surface area contributed by atoms with Gasteiger partial charge in [-0.1, -0.05) is 49.4 Å². The van der Waals surface area contributed by atoms with Crippen molar-refractivity contribution in [3.63, 3.8) is 0 Å². The lowest BCUT2D eigenvalue weighted by molar-refractivity contribution is 0.131. The maximum atomic E-state index is 9.49. The third-order valence-electron chi connectivity index (χ3n) is 5.42. The number of aromatic hydroxyl groups is 1. The van der Waals surface area contributed by atoms with E-state index in [1.165, 1.54) is 16.3 Å². The third-order valence-corrected chi connectivity index (χ3v) is 5.42. The van der Waals surface area contributed by atoms with E-state index in [4.69, 9.17) is 5.10 Å². The maximum Gasteiger partial charge on any atom is 0.115 e. The average molecular weight is 374 g/mol. The molecule has 4 rings (SSSR count). The molecule has 0 saturated carbocycles. The fourth-order valence-corrected chi connectivity index (χ4v) is 3.82. The zero-order chi connectivity index (χ0) is 19.3. The van der Waals surface area contributed by atoms with Crippen molar-refractivity contribution in [2.45, 2.75) is 19.9 Å². The van der Waals surface area contributed by atoms with Crippen LogP contribution < -0.4 is 0 Å². The Hall–Kier alpha value is -2.85. The van der Waals surface area contributed by atoms with Crippen molar-refractivity contribution >= 4 is 16.5 Å². The van der Waals surface area contributed by atoms with Gasteiger partial charge in [-0.2, -0.15) is 5.10 Å². The molecular formula is C24H27N3O. The number of fused-ring (bicyclic) bond motifs is 1. The molecule has 0 unspecified atom stereocenters. The topological polar surface area (TPSA) is 39.1 Å². The van der Waals surface area contributed by atoms with Crippen molar-refractivity contribution in [2.24, 2.45) is 5.10 Å². The number of piperazine rings is 1. The molecule has 0 atom stereocenters. The first kappa shape index (κ1) is 18.5. The predicted octanol–water partition coefficient (Wildman–Crippen LogP) is 4.48. The molecular weight excluding hydrogens is 346 g/mol. The molecule has 28 heavy (non-hydrogen) atoms. The van der Waals surface area contributed by atoms with Crippen molar-refractivity contribution < 1.29 is 5.11 Å².